The third-order valence-electron chi connectivity index (χ3n) is 3.98. The zero-order valence-electron chi connectivity index (χ0n) is 11.6. The van der Waals surface area contributed by atoms with Gasteiger partial charge in [0.05, 0.1) is 0 Å². The highest BCUT2D eigenvalue weighted by Crippen LogP contribution is 2.26. The number of hydrogen-bond donors (Lipinski definition) is 1. The smallest absolute Gasteiger partial charge is 0.0221 e. The molecule has 0 saturated heterocycles. The van der Waals surface area contributed by atoms with E-state index in [2.05, 4.69) is 32.6 Å². The van der Waals surface area contributed by atoms with Gasteiger partial charge in [0, 0.05) is 24.7 Å². The van der Waals surface area contributed by atoms with Gasteiger partial charge in [-0.2, -0.15) is 0 Å². The van der Waals surface area contributed by atoms with Crippen LogP contribution in [0.3, 0.4) is 0 Å². The molecule has 0 bridgehead atoms. The Bertz CT molecular complexity index is 185. The van der Waals surface area contributed by atoms with E-state index in [1.165, 1.54) is 32.2 Å². The molecular weight excluding hydrogens is 196 g/mol. The fourth-order valence-corrected chi connectivity index (χ4v) is 2.89. The third-order valence-corrected chi connectivity index (χ3v) is 3.98. The van der Waals surface area contributed by atoms with Crippen LogP contribution < -0.4 is 5.73 Å². The normalized spacial score (nSPS) is 21.9. The SMILES string of the molecule is CCC(N)C(C)N(CC(C)C)C1CCCC1. The van der Waals surface area contributed by atoms with Crippen molar-refractivity contribution in [3.8, 4) is 0 Å². The van der Waals surface area contributed by atoms with Gasteiger partial charge in [0.25, 0.3) is 0 Å². The zero-order chi connectivity index (χ0) is 12.1. The van der Waals surface area contributed by atoms with Gasteiger partial charge in [0.15, 0.2) is 0 Å². The highest BCUT2D eigenvalue weighted by molar-refractivity contribution is 4.86. The summed E-state index contributed by atoms with van der Waals surface area (Å²) in [6.07, 6.45) is 6.67. The van der Waals surface area contributed by atoms with Crippen molar-refractivity contribution < 1.29 is 0 Å². The van der Waals surface area contributed by atoms with Gasteiger partial charge in [-0.05, 0) is 32.1 Å². The Balaban J connectivity index is 2.61. The summed E-state index contributed by atoms with van der Waals surface area (Å²) >= 11 is 0. The van der Waals surface area contributed by atoms with Crippen LogP contribution in [0.5, 0.6) is 0 Å². The standard InChI is InChI=1S/C14H30N2/c1-5-14(15)12(4)16(10-11(2)3)13-8-6-7-9-13/h11-14H,5-10,15H2,1-4H3. The minimum Gasteiger partial charge on any atom is -0.326 e. The molecule has 0 aromatic carbocycles. The monoisotopic (exact) mass is 226 g/mol. The number of nitrogens with two attached hydrogens (primary N) is 1. The van der Waals surface area contributed by atoms with Crippen LogP contribution in [0.25, 0.3) is 0 Å². The average molecular weight is 226 g/mol. The summed E-state index contributed by atoms with van der Waals surface area (Å²) < 4.78 is 0. The van der Waals surface area contributed by atoms with Crippen molar-refractivity contribution in [1.82, 2.24) is 4.90 Å². The van der Waals surface area contributed by atoms with Gasteiger partial charge in [0.1, 0.15) is 0 Å². The predicted molar refractivity (Wildman–Crippen MR) is 71.5 cm³/mol. The van der Waals surface area contributed by atoms with E-state index in [4.69, 9.17) is 5.73 Å². The molecule has 2 atom stereocenters. The molecule has 1 rings (SSSR count). The molecule has 0 amide bonds. The highest BCUT2D eigenvalue weighted by Gasteiger charge is 2.29. The molecule has 0 radical (unpaired) electrons. The van der Waals surface area contributed by atoms with Crippen LogP contribution >= 0.6 is 0 Å². The number of hydrogen-bond acceptors (Lipinski definition) is 2. The molecule has 0 heterocycles. The molecule has 1 aliphatic carbocycles. The molecule has 2 heteroatoms. The lowest BCUT2D eigenvalue weighted by molar-refractivity contribution is 0.110. The lowest BCUT2D eigenvalue weighted by atomic mass is 10.0. The van der Waals surface area contributed by atoms with Crippen molar-refractivity contribution in [3.63, 3.8) is 0 Å². The van der Waals surface area contributed by atoms with E-state index in [1.807, 2.05) is 0 Å². The van der Waals surface area contributed by atoms with Crippen molar-refractivity contribution in [2.75, 3.05) is 6.54 Å². The Kier molecular flexibility index (Phi) is 5.77. The van der Waals surface area contributed by atoms with E-state index in [1.54, 1.807) is 0 Å². The van der Waals surface area contributed by atoms with Gasteiger partial charge in [-0.25, -0.2) is 0 Å². The minimum absolute atomic E-state index is 0.333. The third kappa shape index (κ3) is 3.74. The summed E-state index contributed by atoms with van der Waals surface area (Å²) in [6.45, 7) is 10.3. The van der Waals surface area contributed by atoms with Crippen LogP contribution in [0.15, 0.2) is 0 Å². The molecule has 0 aliphatic heterocycles. The lowest BCUT2D eigenvalue weighted by Gasteiger charge is -2.38. The number of rotatable bonds is 6. The van der Waals surface area contributed by atoms with Gasteiger partial charge in [0.2, 0.25) is 0 Å². The maximum absolute atomic E-state index is 6.22. The first kappa shape index (κ1) is 14.0. The fraction of sp³-hybridized carbons (Fsp3) is 1.00. The van der Waals surface area contributed by atoms with Crippen LogP contribution in [-0.2, 0) is 0 Å². The van der Waals surface area contributed by atoms with Crippen molar-refractivity contribution in [3.05, 3.63) is 0 Å². The summed E-state index contributed by atoms with van der Waals surface area (Å²) in [5.41, 5.74) is 6.22. The van der Waals surface area contributed by atoms with Crippen molar-refractivity contribution in [2.45, 2.75) is 77.9 Å². The maximum atomic E-state index is 6.22. The Labute approximate surface area is 102 Å². The van der Waals surface area contributed by atoms with Crippen LogP contribution in [0.1, 0.15) is 59.8 Å². The summed E-state index contributed by atoms with van der Waals surface area (Å²) in [5.74, 6) is 0.743. The molecule has 2 N–H and O–H groups in total. The van der Waals surface area contributed by atoms with Crippen LogP contribution in [0.2, 0.25) is 0 Å². The van der Waals surface area contributed by atoms with E-state index >= 15 is 0 Å². The van der Waals surface area contributed by atoms with Gasteiger partial charge in [-0.3, -0.25) is 4.90 Å². The molecule has 96 valence electrons. The van der Waals surface area contributed by atoms with Crippen molar-refractivity contribution in [1.29, 1.82) is 0 Å². The first-order valence-corrected chi connectivity index (χ1v) is 7.07. The largest absolute Gasteiger partial charge is 0.326 e. The molecule has 1 saturated carbocycles. The Morgan fingerprint density at radius 3 is 2.19 bits per heavy atom. The molecule has 0 aromatic heterocycles. The first-order valence-electron chi connectivity index (χ1n) is 7.07. The van der Waals surface area contributed by atoms with E-state index in [0.29, 0.717) is 12.1 Å². The van der Waals surface area contributed by atoms with Gasteiger partial charge in [-0.15, -0.1) is 0 Å². The quantitative estimate of drug-likeness (QED) is 0.754. The molecule has 1 fully saturated rings. The molecule has 0 spiro atoms. The summed E-state index contributed by atoms with van der Waals surface area (Å²) in [5, 5.41) is 0. The number of nitrogens with zero attached hydrogens (tertiary/aromatic N) is 1. The topological polar surface area (TPSA) is 29.3 Å². The van der Waals surface area contributed by atoms with Crippen LogP contribution in [-0.4, -0.2) is 29.6 Å². The Hall–Kier alpha value is -0.0800. The summed E-state index contributed by atoms with van der Waals surface area (Å²) in [7, 11) is 0. The van der Waals surface area contributed by atoms with Gasteiger partial charge < -0.3 is 5.73 Å². The minimum atomic E-state index is 0.333. The fourth-order valence-electron chi connectivity index (χ4n) is 2.89. The van der Waals surface area contributed by atoms with Gasteiger partial charge >= 0.3 is 0 Å². The Morgan fingerprint density at radius 2 is 1.75 bits per heavy atom. The molecular formula is C14H30N2. The zero-order valence-corrected chi connectivity index (χ0v) is 11.6. The molecule has 2 nitrogen and oxygen atoms in total. The lowest BCUT2D eigenvalue weighted by Crippen LogP contribution is -2.50. The maximum Gasteiger partial charge on any atom is 0.0221 e. The van der Waals surface area contributed by atoms with Crippen LogP contribution in [0, 0.1) is 5.92 Å². The molecule has 2 unspecified atom stereocenters. The van der Waals surface area contributed by atoms with Crippen molar-refractivity contribution in [2.24, 2.45) is 11.7 Å². The molecule has 1 aliphatic rings. The van der Waals surface area contributed by atoms with Crippen molar-refractivity contribution >= 4 is 0 Å². The van der Waals surface area contributed by atoms with E-state index < -0.39 is 0 Å². The Morgan fingerprint density at radius 1 is 1.19 bits per heavy atom. The first-order chi connectivity index (χ1) is 7.56. The van der Waals surface area contributed by atoms with E-state index in [9.17, 15) is 0 Å². The summed E-state index contributed by atoms with van der Waals surface area (Å²) in [6, 6.07) is 1.67. The average Bonchev–Trinajstić information content (AvgIpc) is 2.76. The second-order valence-electron chi connectivity index (χ2n) is 5.84. The van der Waals surface area contributed by atoms with E-state index in [-0.39, 0.29) is 0 Å². The molecule has 16 heavy (non-hydrogen) atoms. The second-order valence-corrected chi connectivity index (χ2v) is 5.84. The second kappa shape index (κ2) is 6.61. The van der Waals surface area contributed by atoms with E-state index in [0.717, 1.165) is 18.4 Å². The van der Waals surface area contributed by atoms with Crippen LogP contribution in [0.4, 0.5) is 0 Å². The van der Waals surface area contributed by atoms with Gasteiger partial charge in [-0.1, -0.05) is 33.6 Å². The summed E-state index contributed by atoms with van der Waals surface area (Å²) in [4.78, 5) is 2.69. The highest BCUT2D eigenvalue weighted by atomic mass is 15.2. The molecule has 0 aromatic rings. The predicted octanol–water partition coefficient (Wildman–Crippen LogP) is 3.01.